The van der Waals surface area contributed by atoms with Gasteiger partial charge in [-0.25, -0.2) is 0 Å². The second kappa shape index (κ2) is 6.54. The van der Waals surface area contributed by atoms with E-state index in [0.717, 1.165) is 37.9 Å². The van der Waals surface area contributed by atoms with Crippen molar-refractivity contribution in [1.29, 1.82) is 0 Å². The van der Waals surface area contributed by atoms with E-state index in [2.05, 4.69) is 27.1 Å². The van der Waals surface area contributed by atoms with Gasteiger partial charge in [0.05, 0.1) is 19.5 Å². The van der Waals surface area contributed by atoms with Crippen molar-refractivity contribution >= 4 is 5.82 Å². The van der Waals surface area contributed by atoms with E-state index in [1.807, 2.05) is 6.20 Å². The molecule has 0 bridgehead atoms. The van der Waals surface area contributed by atoms with Crippen molar-refractivity contribution in [3.05, 3.63) is 12.4 Å². The van der Waals surface area contributed by atoms with Gasteiger partial charge in [-0.15, -0.1) is 0 Å². The van der Waals surface area contributed by atoms with E-state index in [4.69, 9.17) is 4.74 Å². The van der Waals surface area contributed by atoms with Crippen molar-refractivity contribution in [1.82, 2.24) is 15.3 Å². The topological polar surface area (TPSA) is 50.3 Å². The van der Waals surface area contributed by atoms with Gasteiger partial charge in [0, 0.05) is 13.1 Å². The smallest absolute Gasteiger partial charge is 0.233 e. The monoisotopic (exact) mass is 250 g/mol. The average Bonchev–Trinajstić information content (AvgIpc) is 2.46. The summed E-state index contributed by atoms with van der Waals surface area (Å²) in [6.07, 6.45) is 5.88. The minimum absolute atomic E-state index is 0.585. The number of anilines is 1. The van der Waals surface area contributed by atoms with Crippen molar-refractivity contribution in [2.24, 2.45) is 5.92 Å². The second-order valence-corrected chi connectivity index (χ2v) is 4.66. The molecule has 1 aromatic rings. The summed E-state index contributed by atoms with van der Waals surface area (Å²) in [6.45, 7) is 6.45. The van der Waals surface area contributed by atoms with Crippen LogP contribution in [-0.4, -0.2) is 43.3 Å². The summed E-state index contributed by atoms with van der Waals surface area (Å²) in [4.78, 5) is 10.9. The minimum atomic E-state index is 0.585. The molecular formula is C13H22N4O. The summed E-state index contributed by atoms with van der Waals surface area (Å²) in [5.41, 5.74) is 0. The molecule has 0 radical (unpaired) electrons. The van der Waals surface area contributed by atoms with Crippen molar-refractivity contribution in [3.63, 3.8) is 0 Å². The van der Waals surface area contributed by atoms with E-state index in [1.54, 1.807) is 13.3 Å². The number of ether oxygens (including phenoxy) is 1. The van der Waals surface area contributed by atoms with Gasteiger partial charge in [-0.2, -0.15) is 4.98 Å². The Balaban J connectivity index is 1.88. The fourth-order valence-corrected chi connectivity index (χ4v) is 2.30. The van der Waals surface area contributed by atoms with Crippen molar-refractivity contribution < 1.29 is 4.74 Å². The fourth-order valence-electron chi connectivity index (χ4n) is 2.30. The highest BCUT2D eigenvalue weighted by molar-refractivity contribution is 5.37. The summed E-state index contributed by atoms with van der Waals surface area (Å²) in [7, 11) is 1.62. The third-order valence-electron chi connectivity index (χ3n) is 3.43. The number of aromatic nitrogens is 2. The molecule has 0 spiro atoms. The number of rotatable bonds is 5. The number of piperidine rings is 1. The lowest BCUT2D eigenvalue weighted by Crippen LogP contribution is -2.37. The Morgan fingerprint density at radius 3 is 2.83 bits per heavy atom. The van der Waals surface area contributed by atoms with Gasteiger partial charge in [-0.3, -0.25) is 4.98 Å². The third-order valence-corrected chi connectivity index (χ3v) is 3.43. The lowest BCUT2D eigenvalue weighted by atomic mass is 9.97. The van der Waals surface area contributed by atoms with Gasteiger partial charge < -0.3 is 15.0 Å². The Hall–Kier alpha value is -1.36. The predicted octanol–water partition coefficient (Wildman–Crippen LogP) is 1.31. The van der Waals surface area contributed by atoms with Crippen LogP contribution in [0.1, 0.15) is 19.8 Å². The highest BCUT2D eigenvalue weighted by Gasteiger charge is 2.20. The molecule has 1 saturated heterocycles. The zero-order valence-corrected chi connectivity index (χ0v) is 11.2. The van der Waals surface area contributed by atoms with E-state index in [9.17, 15) is 0 Å². The van der Waals surface area contributed by atoms with Crippen LogP contribution in [0.5, 0.6) is 5.88 Å². The third kappa shape index (κ3) is 3.32. The molecule has 1 aromatic heterocycles. The molecule has 100 valence electrons. The maximum absolute atomic E-state index is 5.11. The first kappa shape index (κ1) is 13.1. The van der Waals surface area contributed by atoms with E-state index in [-0.39, 0.29) is 0 Å². The number of nitrogens with one attached hydrogen (secondary N) is 1. The van der Waals surface area contributed by atoms with E-state index >= 15 is 0 Å². The zero-order valence-electron chi connectivity index (χ0n) is 11.2. The van der Waals surface area contributed by atoms with Crippen molar-refractivity contribution in [2.45, 2.75) is 19.8 Å². The SMILES string of the molecule is CCNCC1CCN(c2cncc(OC)n2)CC1. The molecule has 2 rings (SSSR count). The predicted molar refractivity (Wildman–Crippen MR) is 72.1 cm³/mol. The average molecular weight is 250 g/mol. The Morgan fingerprint density at radius 1 is 1.39 bits per heavy atom. The molecule has 0 saturated carbocycles. The van der Waals surface area contributed by atoms with Gasteiger partial charge in [0.1, 0.15) is 0 Å². The van der Waals surface area contributed by atoms with Crippen molar-refractivity contribution in [2.75, 3.05) is 38.2 Å². The molecule has 2 heterocycles. The lowest BCUT2D eigenvalue weighted by Gasteiger charge is -2.32. The van der Waals surface area contributed by atoms with E-state index in [0.29, 0.717) is 5.88 Å². The molecule has 1 N–H and O–H groups in total. The van der Waals surface area contributed by atoms with Gasteiger partial charge in [-0.1, -0.05) is 6.92 Å². The first-order chi connectivity index (χ1) is 8.83. The van der Waals surface area contributed by atoms with E-state index in [1.165, 1.54) is 12.8 Å². The van der Waals surface area contributed by atoms with Crippen LogP contribution < -0.4 is 15.0 Å². The minimum Gasteiger partial charge on any atom is -0.480 e. The quantitative estimate of drug-likeness (QED) is 0.854. The maximum Gasteiger partial charge on any atom is 0.233 e. The largest absolute Gasteiger partial charge is 0.480 e. The van der Waals surface area contributed by atoms with Gasteiger partial charge in [0.2, 0.25) is 5.88 Å². The maximum atomic E-state index is 5.11. The Morgan fingerprint density at radius 2 is 2.17 bits per heavy atom. The molecule has 0 unspecified atom stereocenters. The summed E-state index contributed by atoms with van der Waals surface area (Å²) >= 11 is 0. The standard InChI is InChI=1S/C13H22N4O/c1-3-14-8-11-4-6-17(7-5-11)12-9-15-10-13(16-12)18-2/h9-11,14H,3-8H2,1-2H3. The van der Waals surface area contributed by atoms with Crippen LogP contribution in [0.15, 0.2) is 12.4 Å². The molecule has 5 nitrogen and oxygen atoms in total. The number of hydrogen-bond acceptors (Lipinski definition) is 5. The summed E-state index contributed by atoms with van der Waals surface area (Å²) in [5, 5.41) is 3.42. The Bertz CT molecular complexity index is 364. The molecule has 18 heavy (non-hydrogen) atoms. The highest BCUT2D eigenvalue weighted by atomic mass is 16.5. The molecule has 0 atom stereocenters. The van der Waals surface area contributed by atoms with Gasteiger partial charge in [-0.05, 0) is 31.8 Å². The molecule has 5 heteroatoms. The Kier molecular flexibility index (Phi) is 4.75. The number of nitrogens with zero attached hydrogens (tertiary/aromatic N) is 3. The highest BCUT2D eigenvalue weighted by Crippen LogP contribution is 2.22. The van der Waals surface area contributed by atoms with Crippen LogP contribution in [0, 0.1) is 5.92 Å². The molecule has 1 aliphatic heterocycles. The summed E-state index contributed by atoms with van der Waals surface area (Å²) < 4.78 is 5.11. The van der Waals surface area contributed by atoms with Crippen LogP contribution >= 0.6 is 0 Å². The van der Waals surface area contributed by atoms with Gasteiger partial charge >= 0.3 is 0 Å². The van der Waals surface area contributed by atoms with E-state index < -0.39 is 0 Å². The van der Waals surface area contributed by atoms with Crippen LogP contribution in [0.2, 0.25) is 0 Å². The first-order valence-electron chi connectivity index (χ1n) is 6.65. The van der Waals surface area contributed by atoms with Crippen LogP contribution in [0.3, 0.4) is 0 Å². The normalized spacial score (nSPS) is 16.9. The fraction of sp³-hybridized carbons (Fsp3) is 0.692. The molecule has 0 aromatic carbocycles. The molecule has 0 amide bonds. The lowest BCUT2D eigenvalue weighted by molar-refractivity contribution is 0.379. The molecule has 1 aliphatic rings. The Labute approximate surface area is 109 Å². The van der Waals surface area contributed by atoms with Crippen LogP contribution in [0.4, 0.5) is 5.82 Å². The second-order valence-electron chi connectivity index (χ2n) is 4.66. The van der Waals surface area contributed by atoms with Gasteiger partial charge in [0.15, 0.2) is 5.82 Å². The number of hydrogen-bond donors (Lipinski definition) is 1. The first-order valence-corrected chi connectivity index (χ1v) is 6.65. The molecular weight excluding hydrogens is 228 g/mol. The van der Waals surface area contributed by atoms with Crippen LogP contribution in [0.25, 0.3) is 0 Å². The summed E-state index contributed by atoms with van der Waals surface area (Å²) in [5.74, 6) is 2.30. The van der Waals surface area contributed by atoms with Gasteiger partial charge in [0.25, 0.3) is 0 Å². The van der Waals surface area contributed by atoms with Crippen molar-refractivity contribution in [3.8, 4) is 5.88 Å². The zero-order chi connectivity index (χ0) is 12.8. The summed E-state index contributed by atoms with van der Waals surface area (Å²) in [6, 6.07) is 0. The van der Waals surface area contributed by atoms with Crippen LogP contribution in [-0.2, 0) is 0 Å². The molecule has 0 aliphatic carbocycles. The number of methoxy groups -OCH3 is 1. The molecule has 1 fully saturated rings.